The Labute approximate surface area is 109 Å². The molecule has 0 unspecified atom stereocenters. The summed E-state index contributed by atoms with van der Waals surface area (Å²) in [6.07, 6.45) is 1.42. The van der Waals surface area contributed by atoms with Crippen LogP contribution in [0.4, 0.5) is 0 Å². The molecule has 0 saturated heterocycles. The van der Waals surface area contributed by atoms with Crippen molar-refractivity contribution < 1.29 is 9.53 Å². The number of rotatable bonds is 2. The monoisotopic (exact) mass is 253 g/mol. The highest BCUT2D eigenvalue weighted by Gasteiger charge is 2.15. The van der Waals surface area contributed by atoms with Crippen molar-refractivity contribution in [3.63, 3.8) is 0 Å². The summed E-state index contributed by atoms with van der Waals surface area (Å²) in [6.45, 7) is 0. The third-order valence-electron chi connectivity index (χ3n) is 2.90. The van der Waals surface area contributed by atoms with E-state index in [-0.39, 0.29) is 0 Å². The first-order valence-electron chi connectivity index (χ1n) is 5.78. The zero-order chi connectivity index (χ0) is 13.2. The van der Waals surface area contributed by atoms with Crippen LogP contribution < -0.4 is 0 Å². The smallest absolute Gasteiger partial charge is 0.341 e. The number of hydrogen-bond donors (Lipinski definition) is 0. The zero-order valence-corrected chi connectivity index (χ0v) is 10.3. The van der Waals surface area contributed by atoms with Gasteiger partial charge in [-0.25, -0.2) is 14.3 Å². The number of carbonyl (C=O) groups is 1. The van der Waals surface area contributed by atoms with Crippen molar-refractivity contribution in [2.75, 3.05) is 7.11 Å². The fraction of sp³-hybridized carbons (Fsp3) is 0.0714. The average Bonchev–Trinajstić information content (AvgIpc) is 2.95. The number of hydrogen-bond acceptors (Lipinski definition) is 4. The first kappa shape index (κ1) is 11.4. The number of benzene rings is 1. The fourth-order valence-electron chi connectivity index (χ4n) is 2.01. The molecular formula is C14H11N3O2. The largest absolute Gasteiger partial charge is 0.465 e. The Kier molecular flexibility index (Phi) is 2.72. The number of fused-ring (bicyclic) bond motifs is 1. The van der Waals surface area contributed by atoms with Crippen molar-refractivity contribution in [2.45, 2.75) is 0 Å². The second kappa shape index (κ2) is 4.53. The minimum absolute atomic E-state index is 0.402. The van der Waals surface area contributed by atoms with E-state index in [1.54, 1.807) is 10.6 Å². The van der Waals surface area contributed by atoms with Gasteiger partial charge in [0.1, 0.15) is 11.9 Å². The maximum absolute atomic E-state index is 11.7. The average molecular weight is 253 g/mol. The summed E-state index contributed by atoms with van der Waals surface area (Å²) in [5.41, 5.74) is 2.78. The molecule has 0 N–H and O–H groups in total. The summed E-state index contributed by atoms with van der Waals surface area (Å²) in [5, 5.41) is 4.17. The summed E-state index contributed by atoms with van der Waals surface area (Å²) < 4.78 is 6.38. The van der Waals surface area contributed by atoms with Gasteiger partial charge in [0.2, 0.25) is 0 Å². The summed E-state index contributed by atoms with van der Waals surface area (Å²) in [4.78, 5) is 15.8. The van der Waals surface area contributed by atoms with E-state index < -0.39 is 5.97 Å². The topological polar surface area (TPSA) is 56.5 Å². The van der Waals surface area contributed by atoms with Crippen LogP contribution in [0.15, 0.2) is 48.8 Å². The Morgan fingerprint density at radius 3 is 2.68 bits per heavy atom. The number of carbonyl (C=O) groups excluding carboxylic acids is 1. The van der Waals surface area contributed by atoms with E-state index in [0.29, 0.717) is 11.2 Å². The molecule has 0 saturated carbocycles. The fourth-order valence-corrected chi connectivity index (χ4v) is 2.01. The van der Waals surface area contributed by atoms with Crippen LogP contribution in [0.3, 0.4) is 0 Å². The van der Waals surface area contributed by atoms with Crippen LogP contribution in [0, 0.1) is 0 Å². The minimum atomic E-state index is -0.419. The summed E-state index contributed by atoms with van der Waals surface area (Å²) in [6, 6.07) is 13.4. The highest BCUT2D eigenvalue weighted by molar-refractivity contribution is 5.96. The molecule has 0 aliphatic carbocycles. The Bertz CT molecular complexity index is 735. The second-order valence-electron chi connectivity index (χ2n) is 3.99. The van der Waals surface area contributed by atoms with Crippen LogP contribution in [0.5, 0.6) is 0 Å². The van der Waals surface area contributed by atoms with Crippen LogP contribution in [0.1, 0.15) is 10.4 Å². The van der Waals surface area contributed by atoms with Crippen LogP contribution in [-0.4, -0.2) is 27.7 Å². The quantitative estimate of drug-likeness (QED) is 0.657. The number of ether oxygens (including phenoxy) is 1. The second-order valence-corrected chi connectivity index (χ2v) is 3.99. The van der Waals surface area contributed by atoms with Gasteiger partial charge >= 0.3 is 5.97 Å². The molecule has 2 heterocycles. The van der Waals surface area contributed by atoms with Gasteiger partial charge in [0, 0.05) is 5.56 Å². The molecule has 1 aromatic carbocycles. The van der Waals surface area contributed by atoms with Gasteiger partial charge in [-0.2, -0.15) is 5.10 Å². The Balaban J connectivity index is 2.25. The van der Waals surface area contributed by atoms with Gasteiger partial charge in [0.25, 0.3) is 0 Å². The molecule has 94 valence electrons. The van der Waals surface area contributed by atoms with Crippen molar-refractivity contribution in [3.05, 3.63) is 54.4 Å². The highest BCUT2D eigenvalue weighted by atomic mass is 16.5. The van der Waals surface area contributed by atoms with Crippen molar-refractivity contribution in [3.8, 4) is 11.3 Å². The normalized spacial score (nSPS) is 10.6. The molecule has 0 bridgehead atoms. The molecular weight excluding hydrogens is 242 g/mol. The van der Waals surface area contributed by atoms with Crippen LogP contribution in [-0.2, 0) is 4.74 Å². The van der Waals surface area contributed by atoms with Gasteiger partial charge in [0.05, 0.1) is 12.8 Å². The summed E-state index contributed by atoms with van der Waals surface area (Å²) >= 11 is 0. The van der Waals surface area contributed by atoms with E-state index in [1.807, 2.05) is 36.4 Å². The van der Waals surface area contributed by atoms with Gasteiger partial charge in [-0.3, -0.25) is 0 Å². The van der Waals surface area contributed by atoms with Gasteiger partial charge in [-0.1, -0.05) is 30.3 Å². The molecule has 0 aliphatic rings. The van der Waals surface area contributed by atoms with Gasteiger partial charge < -0.3 is 4.74 Å². The predicted molar refractivity (Wildman–Crippen MR) is 69.8 cm³/mol. The first-order valence-corrected chi connectivity index (χ1v) is 5.78. The molecule has 0 radical (unpaired) electrons. The van der Waals surface area contributed by atoms with Crippen molar-refractivity contribution >= 4 is 11.6 Å². The van der Waals surface area contributed by atoms with E-state index in [2.05, 4.69) is 10.1 Å². The van der Waals surface area contributed by atoms with Crippen LogP contribution in [0.2, 0.25) is 0 Å². The van der Waals surface area contributed by atoms with E-state index in [4.69, 9.17) is 4.74 Å². The third-order valence-corrected chi connectivity index (χ3v) is 2.90. The van der Waals surface area contributed by atoms with Crippen molar-refractivity contribution in [1.29, 1.82) is 0 Å². The lowest BCUT2D eigenvalue weighted by Crippen LogP contribution is -2.06. The number of nitrogens with zero attached hydrogens (tertiary/aromatic N) is 3. The lowest BCUT2D eigenvalue weighted by atomic mass is 10.1. The number of aromatic nitrogens is 3. The molecule has 0 atom stereocenters. The predicted octanol–water partition coefficient (Wildman–Crippen LogP) is 2.18. The molecule has 0 fully saturated rings. The standard InChI is InChI=1S/C14H11N3O2/c1-19-14(18)11-7-8-12(10-5-3-2-4-6-10)17-13(11)15-9-16-17/h2-9H,1H3. The Morgan fingerprint density at radius 2 is 1.95 bits per heavy atom. The van der Waals surface area contributed by atoms with E-state index in [0.717, 1.165) is 11.3 Å². The van der Waals surface area contributed by atoms with Crippen molar-refractivity contribution in [2.24, 2.45) is 0 Å². The first-order chi connectivity index (χ1) is 9.31. The summed E-state index contributed by atoms with van der Waals surface area (Å²) in [5.74, 6) is -0.419. The Hall–Kier alpha value is -2.69. The maximum atomic E-state index is 11.7. The van der Waals surface area contributed by atoms with Gasteiger partial charge in [-0.05, 0) is 12.1 Å². The minimum Gasteiger partial charge on any atom is -0.465 e. The molecule has 0 aliphatic heterocycles. The zero-order valence-electron chi connectivity index (χ0n) is 10.3. The number of methoxy groups -OCH3 is 1. The molecule has 0 spiro atoms. The number of esters is 1. The van der Waals surface area contributed by atoms with E-state index >= 15 is 0 Å². The lowest BCUT2D eigenvalue weighted by molar-refractivity contribution is 0.0602. The molecule has 5 nitrogen and oxygen atoms in total. The van der Waals surface area contributed by atoms with Gasteiger partial charge in [0.15, 0.2) is 5.65 Å². The SMILES string of the molecule is COC(=O)c1ccc(-c2ccccc2)n2ncnc12. The molecule has 2 aromatic heterocycles. The maximum Gasteiger partial charge on any atom is 0.341 e. The van der Waals surface area contributed by atoms with Gasteiger partial charge in [-0.15, -0.1) is 0 Å². The number of pyridine rings is 1. The van der Waals surface area contributed by atoms with Crippen LogP contribution >= 0.6 is 0 Å². The third kappa shape index (κ3) is 1.85. The molecule has 3 rings (SSSR count). The molecule has 3 aromatic rings. The Morgan fingerprint density at radius 1 is 1.16 bits per heavy atom. The summed E-state index contributed by atoms with van der Waals surface area (Å²) in [7, 11) is 1.35. The van der Waals surface area contributed by atoms with E-state index in [1.165, 1.54) is 13.4 Å². The lowest BCUT2D eigenvalue weighted by Gasteiger charge is -2.07. The molecule has 0 amide bonds. The molecule has 19 heavy (non-hydrogen) atoms. The van der Waals surface area contributed by atoms with E-state index in [9.17, 15) is 4.79 Å². The van der Waals surface area contributed by atoms with Crippen molar-refractivity contribution in [1.82, 2.24) is 14.6 Å². The van der Waals surface area contributed by atoms with Crippen LogP contribution in [0.25, 0.3) is 16.9 Å². The molecule has 5 heteroatoms. The highest BCUT2D eigenvalue weighted by Crippen LogP contribution is 2.21.